The van der Waals surface area contributed by atoms with E-state index in [1.54, 1.807) is 6.92 Å². The maximum Gasteiger partial charge on any atom is 0.265 e. The second kappa shape index (κ2) is 8.91. The number of benzene rings is 2. The number of nitrogens with one attached hydrogen (secondary N) is 1. The van der Waals surface area contributed by atoms with Gasteiger partial charge < -0.3 is 19.5 Å². The Bertz CT molecular complexity index is 784. The fourth-order valence-corrected chi connectivity index (χ4v) is 2.97. The van der Waals surface area contributed by atoms with Crippen molar-refractivity contribution in [3.8, 4) is 11.5 Å². The number of aryl methyl sites for hydroxylation is 2. The van der Waals surface area contributed by atoms with Crippen LogP contribution in [0.25, 0.3) is 0 Å². The van der Waals surface area contributed by atoms with Gasteiger partial charge in [0.2, 0.25) is 0 Å². The minimum Gasteiger partial charge on any atom is -0.489 e. The number of carbonyl (C=O) groups is 1. The lowest BCUT2D eigenvalue weighted by Gasteiger charge is -2.19. The highest BCUT2D eigenvalue weighted by Gasteiger charge is 2.19. The highest BCUT2D eigenvalue weighted by Crippen LogP contribution is 2.26. The van der Waals surface area contributed by atoms with E-state index in [2.05, 4.69) is 5.32 Å². The Balaban J connectivity index is 1.62. The first-order valence-corrected chi connectivity index (χ1v) is 9.41. The fraction of sp³-hybridized carbons (Fsp3) is 0.409. The Labute approximate surface area is 160 Å². The van der Waals surface area contributed by atoms with Gasteiger partial charge in [0.15, 0.2) is 6.10 Å². The molecule has 2 atom stereocenters. The van der Waals surface area contributed by atoms with E-state index in [9.17, 15) is 4.79 Å². The molecule has 5 nitrogen and oxygen atoms in total. The topological polar surface area (TPSA) is 56.8 Å². The molecule has 1 aliphatic rings. The van der Waals surface area contributed by atoms with Crippen LogP contribution in [0.4, 0.5) is 5.69 Å². The van der Waals surface area contributed by atoms with Crippen LogP contribution in [0.15, 0.2) is 42.5 Å². The van der Waals surface area contributed by atoms with Crippen LogP contribution in [0.2, 0.25) is 0 Å². The first-order valence-electron chi connectivity index (χ1n) is 9.41. The molecule has 0 spiro atoms. The second-order valence-electron chi connectivity index (χ2n) is 6.96. The van der Waals surface area contributed by atoms with Crippen LogP contribution in [0.3, 0.4) is 0 Å². The highest BCUT2D eigenvalue weighted by atomic mass is 16.5. The third-order valence-electron chi connectivity index (χ3n) is 4.61. The molecule has 1 fully saturated rings. The standard InChI is InChI=1S/C22H27NO4/c1-15-10-11-16(2)21(13-15)27-17(3)22(24)23-19-8-4-5-9-20(19)26-14-18-7-6-12-25-18/h4-5,8-11,13,17-18H,6-7,12,14H2,1-3H3,(H,23,24)/t17-,18+/m1/s1. The summed E-state index contributed by atoms with van der Waals surface area (Å²) in [6, 6.07) is 13.4. The lowest BCUT2D eigenvalue weighted by atomic mass is 10.1. The molecule has 0 bridgehead atoms. The average molecular weight is 369 g/mol. The summed E-state index contributed by atoms with van der Waals surface area (Å²) in [6.45, 7) is 6.99. The summed E-state index contributed by atoms with van der Waals surface area (Å²) >= 11 is 0. The van der Waals surface area contributed by atoms with Crippen molar-refractivity contribution in [2.45, 2.75) is 45.8 Å². The van der Waals surface area contributed by atoms with Crippen molar-refractivity contribution in [3.05, 3.63) is 53.6 Å². The minimum absolute atomic E-state index is 0.125. The summed E-state index contributed by atoms with van der Waals surface area (Å²) in [4.78, 5) is 12.6. The van der Waals surface area contributed by atoms with Crippen molar-refractivity contribution >= 4 is 11.6 Å². The van der Waals surface area contributed by atoms with Crippen molar-refractivity contribution in [3.63, 3.8) is 0 Å². The maximum absolute atomic E-state index is 12.6. The van der Waals surface area contributed by atoms with Gasteiger partial charge in [0.05, 0.1) is 11.8 Å². The van der Waals surface area contributed by atoms with Gasteiger partial charge in [-0.05, 0) is 62.9 Å². The summed E-state index contributed by atoms with van der Waals surface area (Å²) < 4.78 is 17.3. The van der Waals surface area contributed by atoms with Crippen molar-refractivity contribution in [1.29, 1.82) is 0 Å². The van der Waals surface area contributed by atoms with E-state index in [1.807, 2.05) is 56.3 Å². The van der Waals surface area contributed by atoms with Gasteiger partial charge in [-0.1, -0.05) is 24.3 Å². The molecule has 2 aromatic carbocycles. The number of rotatable bonds is 7. The van der Waals surface area contributed by atoms with Crippen molar-refractivity contribution in [1.82, 2.24) is 0 Å². The van der Waals surface area contributed by atoms with Gasteiger partial charge in [0.1, 0.15) is 18.1 Å². The third-order valence-corrected chi connectivity index (χ3v) is 4.61. The lowest BCUT2D eigenvalue weighted by Crippen LogP contribution is -2.30. The summed E-state index contributed by atoms with van der Waals surface area (Å²) in [5, 5.41) is 2.91. The number of para-hydroxylation sites is 2. The van der Waals surface area contributed by atoms with Crippen molar-refractivity contribution in [2.24, 2.45) is 0 Å². The Hall–Kier alpha value is -2.53. The van der Waals surface area contributed by atoms with Crippen molar-refractivity contribution in [2.75, 3.05) is 18.5 Å². The molecule has 0 unspecified atom stereocenters. The zero-order chi connectivity index (χ0) is 19.2. The third kappa shape index (κ3) is 5.23. The fourth-order valence-electron chi connectivity index (χ4n) is 2.97. The van der Waals surface area contributed by atoms with Crippen LogP contribution >= 0.6 is 0 Å². The van der Waals surface area contributed by atoms with Gasteiger partial charge in [-0.15, -0.1) is 0 Å². The molecule has 1 heterocycles. The van der Waals surface area contributed by atoms with Gasteiger partial charge in [-0.2, -0.15) is 0 Å². The number of carbonyl (C=O) groups excluding carboxylic acids is 1. The quantitative estimate of drug-likeness (QED) is 0.792. The van der Waals surface area contributed by atoms with E-state index in [4.69, 9.17) is 14.2 Å². The average Bonchev–Trinajstić information content (AvgIpc) is 3.17. The van der Waals surface area contributed by atoms with Crippen LogP contribution in [-0.2, 0) is 9.53 Å². The Morgan fingerprint density at radius 3 is 2.81 bits per heavy atom. The molecule has 0 aliphatic carbocycles. The SMILES string of the molecule is Cc1ccc(C)c(O[C@H](C)C(=O)Nc2ccccc2OC[C@@H]2CCCO2)c1. The van der Waals surface area contributed by atoms with E-state index in [1.165, 1.54) is 0 Å². The van der Waals surface area contributed by atoms with Crippen LogP contribution < -0.4 is 14.8 Å². The number of hydrogen-bond donors (Lipinski definition) is 1. The molecule has 1 N–H and O–H groups in total. The van der Waals surface area contributed by atoms with Gasteiger partial charge in [-0.3, -0.25) is 4.79 Å². The molecule has 0 saturated carbocycles. The van der Waals surface area contributed by atoms with Gasteiger partial charge in [0, 0.05) is 6.61 Å². The summed E-state index contributed by atoms with van der Waals surface area (Å²) in [7, 11) is 0. The molecule has 1 saturated heterocycles. The summed E-state index contributed by atoms with van der Waals surface area (Å²) in [5.74, 6) is 1.14. The van der Waals surface area contributed by atoms with E-state index < -0.39 is 6.10 Å². The number of hydrogen-bond acceptors (Lipinski definition) is 4. The van der Waals surface area contributed by atoms with E-state index in [-0.39, 0.29) is 12.0 Å². The predicted molar refractivity (Wildman–Crippen MR) is 106 cm³/mol. The Morgan fingerprint density at radius 2 is 2.04 bits per heavy atom. The lowest BCUT2D eigenvalue weighted by molar-refractivity contribution is -0.122. The van der Waals surface area contributed by atoms with E-state index in [0.717, 1.165) is 36.3 Å². The Morgan fingerprint density at radius 1 is 1.22 bits per heavy atom. The number of ether oxygens (including phenoxy) is 3. The van der Waals surface area contributed by atoms with Crippen LogP contribution in [-0.4, -0.2) is 31.3 Å². The molecule has 144 valence electrons. The smallest absolute Gasteiger partial charge is 0.265 e. The Kier molecular flexibility index (Phi) is 6.35. The van der Waals surface area contributed by atoms with Gasteiger partial charge in [0.25, 0.3) is 5.91 Å². The second-order valence-corrected chi connectivity index (χ2v) is 6.96. The maximum atomic E-state index is 12.6. The molecular formula is C22H27NO4. The zero-order valence-corrected chi connectivity index (χ0v) is 16.2. The first-order chi connectivity index (χ1) is 13.0. The van der Waals surface area contributed by atoms with Crippen LogP contribution in [0, 0.1) is 13.8 Å². The molecule has 0 aromatic heterocycles. The van der Waals surface area contributed by atoms with E-state index in [0.29, 0.717) is 18.0 Å². The van der Waals surface area contributed by atoms with Crippen LogP contribution in [0.5, 0.6) is 11.5 Å². The molecule has 3 rings (SSSR count). The monoisotopic (exact) mass is 369 g/mol. The molecule has 2 aromatic rings. The minimum atomic E-state index is -0.628. The molecule has 1 aliphatic heterocycles. The largest absolute Gasteiger partial charge is 0.489 e. The highest BCUT2D eigenvalue weighted by molar-refractivity contribution is 5.95. The molecule has 0 radical (unpaired) electrons. The van der Waals surface area contributed by atoms with Gasteiger partial charge in [-0.25, -0.2) is 0 Å². The molecule has 5 heteroatoms. The normalized spacial score (nSPS) is 17.4. The summed E-state index contributed by atoms with van der Waals surface area (Å²) in [5.41, 5.74) is 2.73. The van der Waals surface area contributed by atoms with E-state index >= 15 is 0 Å². The molecule has 27 heavy (non-hydrogen) atoms. The molecule has 1 amide bonds. The van der Waals surface area contributed by atoms with Gasteiger partial charge >= 0.3 is 0 Å². The zero-order valence-electron chi connectivity index (χ0n) is 16.2. The number of anilines is 1. The predicted octanol–water partition coefficient (Wildman–Crippen LogP) is 4.27. The molecular weight excluding hydrogens is 342 g/mol. The first kappa shape index (κ1) is 19.2. The number of amides is 1. The summed E-state index contributed by atoms with van der Waals surface area (Å²) in [6.07, 6.45) is 1.58. The van der Waals surface area contributed by atoms with Crippen LogP contribution in [0.1, 0.15) is 30.9 Å². The van der Waals surface area contributed by atoms with Crippen molar-refractivity contribution < 1.29 is 19.0 Å².